The van der Waals surface area contributed by atoms with Gasteiger partial charge in [0.1, 0.15) is 0 Å². The van der Waals surface area contributed by atoms with Crippen molar-refractivity contribution in [2.24, 2.45) is 0 Å². The summed E-state index contributed by atoms with van der Waals surface area (Å²) < 4.78 is 0. The van der Waals surface area contributed by atoms with E-state index >= 15 is 0 Å². The third-order valence-electron chi connectivity index (χ3n) is 2.20. The quantitative estimate of drug-likeness (QED) is 0.748. The van der Waals surface area contributed by atoms with Crippen molar-refractivity contribution in [3.8, 4) is 0 Å². The molecule has 1 aromatic carbocycles. The fraction of sp³-hybridized carbons (Fsp3) is 0.333. The Balaban J connectivity index is 3.20. The van der Waals surface area contributed by atoms with Crippen molar-refractivity contribution in [3.63, 3.8) is 0 Å². The summed E-state index contributed by atoms with van der Waals surface area (Å²) in [5, 5.41) is 0. The molecule has 0 atom stereocenters. The zero-order valence-electron chi connectivity index (χ0n) is 10.0. The molecule has 0 unspecified atom stereocenters. The Morgan fingerprint density at radius 2 is 1.12 bits per heavy atom. The monoisotopic (exact) mass is 220 g/mol. The second kappa shape index (κ2) is 4.79. The lowest BCUT2D eigenvalue weighted by atomic mass is 10.1. The van der Waals surface area contributed by atoms with Crippen molar-refractivity contribution in [2.45, 2.75) is 0 Å². The van der Waals surface area contributed by atoms with Gasteiger partial charge in [-0.05, 0) is 12.1 Å². The van der Waals surface area contributed by atoms with Gasteiger partial charge in [0.2, 0.25) is 0 Å². The van der Waals surface area contributed by atoms with Crippen LogP contribution in [0.1, 0.15) is 20.7 Å². The Labute approximate surface area is 95.5 Å². The van der Waals surface area contributed by atoms with Gasteiger partial charge in [-0.25, -0.2) is 0 Å². The lowest BCUT2D eigenvalue weighted by molar-refractivity contribution is 0.0790. The van der Waals surface area contributed by atoms with E-state index in [1.165, 1.54) is 9.80 Å². The van der Waals surface area contributed by atoms with Crippen molar-refractivity contribution in [2.75, 3.05) is 28.2 Å². The molecule has 0 fully saturated rings. The fourth-order valence-corrected chi connectivity index (χ4v) is 1.34. The molecular weight excluding hydrogens is 204 g/mol. The van der Waals surface area contributed by atoms with Crippen LogP contribution in [0.5, 0.6) is 0 Å². The fourth-order valence-electron chi connectivity index (χ4n) is 1.34. The largest absolute Gasteiger partial charge is 0.345 e. The lowest BCUT2D eigenvalue weighted by Crippen LogP contribution is -2.28. The van der Waals surface area contributed by atoms with E-state index in [9.17, 15) is 9.59 Å². The number of hydrogen-bond donors (Lipinski definition) is 0. The van der Waals surface area contributed by atoms with Gasteiger partial charge in [0.15, 0.2) is 0 Å². The molecule has 0 heterocycles. The van der Waals surface area contributed by atoms with Crippen molar-refractivity contribution in [1.82, 2.24) is 9.80 Å². The summed E-state index contributed by atoms with van der Waals surface area (Å²) in [6.07, 6.45) is 0. The van der Waals surface area contributed by atoms with E-state index in [0.29, 0.717) is 11.1 Å². The number of hydrogen-bond acceptors (Lipinski definition) is 2. The van der Waals surface area contributed by atoms with Gasteiger partial charge in [0.05, 0.1) is 11.1 Å². The molecule has 16 heavy (non-hydrogen) atoms. The van der Waals surface area contributed by atoms with Crippen LogP contribution in [0.3, 0.4) is 0 Å². The van der Waals surface area contributed by atoms with Crippen molar-refractivity contribution >= 4 is 11.8 Å². The van der Waals surface area contributed by atoms with E-state index in [0.717, 1.165) is 0 Å². The van der Waals surface area contributed by atoms with E-state index in [1.807, 2.05) is 0 Å². The zero-order valence-corrected chi connectivity index (χ0v) is 10.0. The summed E-state index contributed by atoms with van der Waals surface area (Å²) in [7, 11) is 6.66. The van der Waals surface area contributed by atoms with Gasteiger partial charge in [-0.1, -0.05) is 12.1 Å². The molecule has 0 N–H and O–H groups in total. The van der Waals surface area contributed by atoms with Crippen LogP contribution < -0.4 is 0 Å². The summed E-state index contributed by atoms with van der Waals surface area (Å²) in [5.41, 5.74) is 0.873. The highest BCUT2D eigenvalue weighted by Crippen LogP contribution is 2.12. The first kappa shape index (κ1) is 12.2. The van der Waals surface area contributed by atoms with Crippen LogP contribution in [0.25, 0.3) is 0 Å². The number of rotatable bonds is 2. The summed E-state index contributed by atoms with van der Waals surface area (Å²) >= 11 is 0. The topological polar surface area (TPSA) is 40.6 Å². The Kier molecular flexibility index (Phi) is 3.66. The minimum atomic E-state index is -0.161. The maximum atomic E-state index is 11.8. The SMILES string of the molecule is CN(C)C(=O)c1ccccc1C(=O)N(C)C. The van der Waals surface area contributed by atoms with E-state index in [-0.39, 0.29) is 11.8 Å². The Hall–Kier alpha value is -1.84. The van der Waals surface area contributed by atoms with E-state index in [4.69, 9.17) is 0 Å². The second-order valence-corrected chi connectivity index (χ2v) is 3.94. The van der Waals surface area contributed by atoms with Crippen LogP contribution >= 0.6 is 0 Å². The van der Waals surface area contributed by atoms with Gasteiger partial charge in [-0.2, -0.15) is 0 Å². The molecule has 0 bridgehead atoms. The molecule has 0 aromatic heterocycles. The molecule has 4 nitrogen and oxygen atoms in total. The van der Waals surface area contributed by atoms with E-state index in [2.05, 4.69) is 0 Å². The molecule has 0 aliphatic heterocycles. The lowest BCUT2D eigenvalue weighted by Gasteiger charge is -2.16. The van der Waals surface area contributed by atoms with Crippen LogP contribution in [0.15, 0.2) is 24.3 Å². The summed E-state index contributed by atoms with van der Waals surface area (Å²) in [6.45, 7) is 0. The van der Waals surface area contributed by atoms with Gasteiger partial charge in [0.25, 0.3) is 11.8 Å². The van der Waals surface area contributed by atoms with Crippen LogP contribution in [0, 0.1) is 0 Å². The molecule has 0 spiro atoms. The highest BCUT2D eigenvalue weighted by molar-refractivity contribution is 6.06. The molecule has 0 saturated carbocycles. The van der Waals surface area contributed by atoms with Crippen molar-refractivity contribution < 1.29 is 9.59 Å². The Bertz CT molecular complexity index is 372. The summed E-state index contributed by atoms with van der Waals surface area (Å²) in [4.78, 5) is 26.6. The predicted octanol–water partition coefficient (Wildman–Crippen LogP) is 1.09. The normalized spacial score (nSPS) is 9.75. The van der Waals surface area contributed by atoms with E-state index < -0.39 is 0 Å². The molecule has 0 radical (unpaired) electrons. The van der Waals surface area contributed by atoms with E-state index in [1.54, 1.807) is 52.5 Å². The number of benzene rings is 1. The third kappa shape index (κ3) is 2.39. The summed E-state index contributed by atoms with van der Waals surface area (Å²) in [6, 6.07) is 6.84. The molecule has 0 saturated heterocycles. The second-order valence-electron chi connectivity index (χ2n) is 3.94. The molecule has 0 aliphatic carbocycles. The molecule has 86 valence electrons. The average molecular weight is 220 g/mol. The Morgan fingerprint density at radius 1 is 0.812 bits per heavy atom. The average Bonchev–Trinajstić information content (AvgIpc) is 2.26. The number of carbonyl (C=O) groups excluding carboxylic acids is 2. The smallest absolute Gasteiger partial charge is 0.254 e. The molecule has 2 amide bonds. The molecule has 4 heteroatoms. The zero-order chi connectivity index (χ0) is 12.3. The highest BCUT2D eigenvalue weighted by atomic mass is 16.2. The first-order valence-electron chi connectivity index (χ1n) is 4.97. The minimum Gasteiger partial charge on any atom is -0.345 e. The van der Waals surface area contributed by atoms with Crippen LogP contribution in [-0.4, -0.2) is 49.8 Å². The Morgan fingerprint density at radius 3 is 1.38 bits per heavy atom. The standard InChI is InChI=1S/C12H16N2O2/c1-13(2)11(15)9-7-5-6-8-10(9)12(16)14(3)4/h5-8H,1-4H3. The van der Waals surface area contributed by atoms with Gasteiger partial charge in [-0.3, -0.25) is 9.59 Å². The maximum Gasteiger partial charge on any atom is 0.254 e. The van der Waals surface area contributed by atoms with Gasteiger partial charge in [-0.15, -0.1) is 0 Å². The molecule has 1 rings (SSSR count). The number of carbonyl (C=O) groups is 2. The number of nitrogens with zero attached hydrogens (tertiary/aromatic N) is 2. The maximum absolute atomic E-state index is 11.8. The third-order valence-corrected chi connectivity index (χ3v) is 2.20. The van der Waals surface area contributed by atoms with Crippen molar-refractivity contribution in [3.05, 3.63) is 35.4 Å². The summed E-state index contributed by atoms with van der Waals surface area (Å²) in [5.74, 6) is -0.323. The molecular formula is C12H16N2O2. The van der Waals surface area contributed by atoms with Crippen LogP contribution in [0.4, 0.5) is 0 Å². The van der Waals surface area contributed by atoms with Crippen LogP contribution in [-0.2, 0) is 0 Å². The van der Waals surface area contributed by atoms with Gasteiger partial charge < -0.3 is 9.80 Å². The van der Waals surface area contributed by atoms with Gasteiger partial charge >= 0.3 is 0 Å². The highest BCUT2D eigenvalue weighted by Gasteiger charge is 2.18. The first-order chi connectivity index (χ1) is 7.45. The van der Waals surface area contributed by atoms with Crippen LogP contribution in [0.2, 0.25) is 0 Å². The molecule has 0 aliphatic rings. The predicted molar refractivity (Wildman–Crippen MR) is 62.5 cm³/mol. The molecule has 1 aromatic rings. The van der Waals surface area contributed by atoms with Crippen molar-refractivity contribution in [1.29, 1.82) is 0 Å². The minimum absolute atomic E-state index is 0.161. The first-order valence-corrected chi connectivity index (χ1v) is 4.97. The van der Waals surface area contributed by atoms with Gasteiger partial charge in [0, 0.05) is 28.2 Å². The number of amides is 2.